The first-order valence-corrected chi connectivity index (χ1v) is 10.6. The summed E-state index contributed by atoms with van der Waals surface area (Å²) in [6, 6.07) is 17.2. The van der Waals surface area contributed by atoms with E-state index in [9.17, 15) is 17.6 Å². The van der Waals surface area contributed by atoms with E-state index in [-0.39, 0.29) is 22.9 Å². The van der Waals surface area contributed by atoms with Gasteiger partial charge in [-0.25, -0.2) is 12.8 Å². The molecule has 0 aliphatic carbocycles. The number of hydrogen-bond donors (Lipinski definition) is 2. The highest BCUT2D eigenvalue weighted by Crippen LogP contribution is 2.25. The van der Waals surface area contributed by atoms with Crippen molar-refractivity contribution >= 4 is 27.3 Å². The largest absolute Gasteiger partial charge is 0.496 e. The molecule has 0 atom stereocenters. The monoisotopic (exact) mass is 428 g/mol. The van der Waals surface area contributed by atoms with Gasteiger partial charge in [0.15, 0.2) is 0 Å². The third-order valence-corrected chi connectivity index (χ3v) is 5.93. The van der Waals surface area contributed by atoms with Crippen LogP contribution in [0.25, 0.3) is 0 Å². The van der Waals surface area contributed by atoms with Crippen molar-refractivity contribution in [2.75, 3.05) is 17.1 Å². The molecule has 30 heavy (non-hydrogen) atoms. The molecule has 3 aromatic carbocycles. The van der Waals surface area contributed by atoms with Gasteiger partial charge in [-0.3, -0.25) is 9.52 Å². The van der Waals surface area contributed by atoms with Crippen molar-refractivity contribution in [3.8, 4) is 5.75 Å². The summed E-state index contributed by atoms with van der Waals surface area (Å²) >= 11 is 0. The van der Waals surface area contributed by atoms with Gasteiger partial charge in [-0.2, -0.15) is 0 Å². The van der Waals surface area contributed by atoms with E-state index in [0.717, 1.165) is 0 Å². The Hall–Kier alpha value is -3.39. The van der Waals surface area contributed by atoms with E-state index >= 15 is 0 Å². The summed E-state index contributed by atoms with van der Waals surface area (Å²) in [5.41, 5.74) is 1.33. The molecule has 8 heteroatoms. The molecule has 0 fully saturated rings. The fourth-order valence-electron chi connectivity index (χ4n) is 2.94. The first kappa shape index (κ1) is 21.3. The fourth-order valence-corrected chi connectivity index (χ4v) is 4.28. The van der Waals surface area contributed by atoms with E-state index in [2.05, 4.69) is 10.0 Å². The smallest absolute Gasteiger partial charge is 0.262 e. The predicted molar refractivity (Wildman–Crippen MR) is 114 cm³/mol. The van der Waals surface area contributed by atoms with Crippen LogP contribution in [-0.2, 0) is 21.2 Å². The third kappa shape index (κ3) is 4.96. The van der Waals surface area contributed by atoms with Crippen LogP contribution in [0, 0.1) is 12.7 Å². The van der Waals surface area contributed by atoms with Crippen LogP contribution in [0.2, 0.25) is 0 Å². The number of para-hydroxylation sites is 2. The maximum absolute atomic E-state index is 13.9. The van der Waals surface area contributed by atoms with Gasteiger partial charge in [0.2, 0.25) is 5.91 Å². The number of methoxy groups -OCH3 is 1. The molecule has 156 valence electrons. The van der Waals surface area contributed by atoms with Crippen LogP contribution in [0.4, 0.5) is 15.8 Å². The second kappa shape index (κ2) is 8.96. The molecule has 2 N–H and O–H groups in total. The lowest BCUT2D eigenvalue weighted by Crippen LogP contribution is -2.17. The van der Waals surface area contributed by atoms with Crippen LogP contribution in [0.15, 0.2) is 71.6 Å². The number of amides is 1. The summed E-state index contributed by atoms with van der Waals surface area (Å²) in [7, 11) is -2.53. The highest BCUT2D eigenvalue weighted by molar-refractivity contribution is 7.92. The van der Waals surface area contributed by atoms with Crippen molar-refractivity contribution in [3.05, 3.63) is 83.7 Å². The Morgan fingerprint density at radius 2 is 1.73 bits per heavy atom. The van der Waals surface area contributed by atoms with E-state index in [1.165, 1.54) is 37.4 Å². The molecule has 0 radical (unpaired) electrons. The second-order valence-electron chi connectivity index (χ2n) is 6.60. The van der Waals surface area contributed by atoms with Gasteiger partial charge in [-0.15, -0.1) is 0 Å². The molecule has 0 saturated heterocycles. The van der Waals surface area contributed by atoms with Crippen molar-refractivity contribution in [2.24, 2.45) is 0 Å². The lowest BCUT2D eigenvalue weighted by atomic mass is 10.1. The topological polar surface area (TPSA) is 84.5 Å². The van der Waals surface area contributed by atoms with Crippen molar-refractivity contribution < 1.29 is 22.3 Å². The van der Waals surface area contributed by atoms with Crippen molar-refractivity contribution in [2.45, 2.75) is 18.2 Å². The van der Waals surface area contributed by atoms with Crippen LogP contribution >= 0.6 is 0 Å². The number of carbonyl (C=O) groups excluding carboxylic acids is 1. The number of halogens is 1. The minimum absolute atomic E-state index is 0.0548. The van der Waals surface area contributed by atoms with Gasteiger partial charge in [-0.05, 0) is 42.8 Å². The number of carbonyl (C=O) groups is 1. The molecule has 6 nitrogen and oxygen atoms in total. The van der Waals surface area contributed by atoms with Gasteiger partial charge in [0.1, 0.15) is 11.6 Å². The van der Waals surface area contributed by atoms with Crippen molar-refractivity contribution in [1.29, 1.82) is 0 Å². The Morgan fingerprint density at radius 1 is 1.03 bits per heavy atom. The second-order valence-corrected chi connectivity index (χ2v) is 8.25. The van der Waals surface area contributed by atoms with Gasteiger partial charge in [0.25, 0.3) is 10.0 Å². The molecule has 0 spiro atoms. The van der Waals surface area contributed by atoms with Crippen LogP contribution in [-0.4, -0.2) is 21.4 Å². The average molecular weight is 428 g/mol. The van der Waals surface area contributed by atoms with Crippen molar-refractivity contribution in [1.82, 2.24) is 0 Å². The summed E-state index contributed by atoms with van der Waals surface area (Å²) in [5, 5.41) is 2.70. The summed E-state index contributed by atoms with van der Waals surface area (Å²) < 4.78 is 46.9. The van der Waals surface area contributed by atoms with Gasteiger partial charge in [0, 0.05) is 11.3 Å². The number of aryl methyl sites for hydroxylation is 1. The number of hydrogen-bond acceptors (Lipinski definition) is 4. The quantitative estimate of drug-likeness (QED) is 0.593. The fraction of sp³-hybridized carbons (Fsp3) is 0.136. The van der Waals surface area contributed by atoms with Crippen LogP contribution in [0.1, 0.15) is 11.1 Å². The van der Waals surface area contributed by atoms with E-state index in [4.69, 9.17) is 4.74 Å². The highest BCUT2D eigenvalue weighted by atomic mass is 32.2. The number of rotatable bonds is 7. The molecule has 0 saturated carbocycles. The number of nitrogens with one attached hydrogen (secondary N) is 2. The van der Waals surface area contributed by atoms with E-state index in [1.54, 1.807) is 43.3 Å². The van der Waals surface area contributed by atoms with Crippen molar-refractivity contribution in [3.63, 3.8) is 0 Å². The average Bonchev–Trinajstić information content (AvgIpc) is 2.71. The number of sulfonamides is 1. The van der Waals surface area contributed by atoms with E-state index < -0.39 is 15.8 Å². The number of anilines is 2. The van der Waals surface area contributed by atoms with Gasteiger partial charge >= 0.3 is 0 Å². The molecule has 0 aliphatic rings. The molecule has 0 aliphatic heterocycles. The van der Waals surface area contributed by atoms with Crippen LogP contribution < -0.4 is 14.8 Å². The Balaban J connectivity index is 1.81. The van der Waals surface area contributed by atoms with Gasteiger partial charge in [0.05, 0.1) is 24.1 Å². The number of benzene rings is 3. The lowest BCUT2D eigenvalue weighted by molar-refractivity contribution is -0.115. The molecule has 0 aromatic heterocycles. The molecule has 3 aromatic rings. The minimum Gasteiger partial charge on any atom is -0.496 e. The molecule has 3 rings (SSSR count). The Bertz CT molecular complexity index is 1180. The molecular formula is C22H21FN2O4S. The Morgan fingerprint density at radius 3 is 2.47 bits per heavy atom. The van der Waals surface area contributed by atoms with Crippen LogP contribution in [0.3, 0.4) is 0 Å². The van der Waals surface area contributed by atoms with Gasteiger partial charge in [-0.1, -0.05) is 36.4 Å². The third-order valence-electron chi connectivity index (χ3n) is 4.42. The Labute approximate surface area is 174 Å². The zero-order chi connectivity index (χ0) is 21.7. The van der Waals surface area contributed by atoms with Gasteiger partial charge < -0.3 is 10.1 Å². The van der Waals surface area contributed by atoms with E-state index in [0.29, 0.717) is 22.6 Å². The standard InChI is InChI=1S/C22H21FN2O4S/c1-15-11-12-17(24-22(26)13-16-7-3-6-10-20(16)29-2)14-21(15)30(27,28)25-19-9-5-4-8-18(19)23/h3-12,14,25H,13H2,1-2H3,(H,24,26). The summed E-state index contributed by atoms with van der Waals surface area (Å²) in [6.45, 7) is 1.62. The number of ether oxygens (including phenoxy) is 1. The lowest BCUT2D eigenvalue weighted by Gasteiger charge is -2.13. The normalized spacial score (nSPS) is 11.0. The summed E-state index contributed by atoms with van der Waals surface area (Å²) in [4.78, 5) is 12.4. The molecular weight excluding hydrogens is 407 g/mol. The summed E-state index contributed by atoms with van der Waals surface area (Å²) in [6.07, 6.45) is 0.0629. The zero-order valence-corrected chi connectivity index (χ0v) is 17.3. The maximum Gasteiger partial charge on any atom is 0.262 e. The maximum atomic E-state index is 13.9. The Kier molecular flexibility index (Phi) is 6.37. The SMILES string of the molecule is COc1ccccc1CC(=O)Nc1ccc(C)c(S(=O)(=O)Nc2ccccc2F)c1. The highest BCUT2D eigenvalue weighted by Gasteiger charge is 2.20. The van der Waals surface area contributed by atoms with E-state index in [1.807, 2.05) is 0 Å². The molecule has 1 amide bonds. The summed E-state index contributed by atoms with van der Waals surface area (Å²) in [5.74, 6) is -0.414. The molecule has 0 unspecified atom stereocenters. The zero-order valence-electron chi connectivity index (χ0n) is 16.5. The van der Waals surface area contributed by atoms with Crippen LogP contribution in [0.5, 0.6) is 5.75 Å². The minimum atomic E-state index is -4.06. The molecule has 0 bridgehead atoms. The predicted octanol–water partition coefficient (Wildman–Crippen LogP) is 4.12. The molecule has 0 heterocycles. The first-order valence-electron chi connectivity index (χ1n) is 9.10. The first-order chi connectivity index (χ1) is 14.3.